The van der Waals surface area contributed by atoms with Gasteiger partial charge in [0.2, 0.25) is 0 Å². The molecule has 1 rings (SSSR count). The van der Waals surface area contributed by atoms with Crippen LogP contribution in [0.2, 0.25) is 0 Å². The number of hydrogen-bond acceptors (Lipinski definition) is 1. The molecule has 1 saturated carbocycles. The summed E-state index contributed by atoms with van der Waals surface area (Å²) in [6, 6.07) is 0. The van der Waals surface area contributed by atoms with E-state index in [1.54, 1.807) is 0 Å². The Morgan fingerprint density at radius 1 is 1.71 bits per heavy atom. The molecule has 0 radical (unpaired) electrons. The van der Waals surface area contributed by atoms with Crippen LogP contribution < -0.4 is 5.73 Å². The van der Waals surface area contributed by atoms with Crippen LogP contribution in [0.3, 0.4) is 0 Å². The summed E-state index contributed by atoms with van der Waals surface area (Å²) in [5.41, 5.74) is 5.33. The fourth-order valence-electron chi connectivity index (χ4n) is 1.02. The number of nitrogens with two attached hydrogens (primary N) is 1. The molecular formula is C6H13N. The van der Waals surface area contributed by atoms with Gasteiger partial charge in [0.25, 0.3) is 0 Å². The molecule has 1 aliphatic rings. The second-order valence-corrected chi connectivity index (χ2v) is 2.55. The number of hydrogen-bond donors (Lipinski definition) is 1. The lowest BCUT2D eigenvalue weighted by atomic mass is 10.2. The normalized spacial score (nSPS) is 38.6. The molecule has 2 atom stereocenters. The Morgan fingerprint density at radius 3 is 2.43 bits per heavy atom. The fourth-order valence-corrected chi connectivity index (χ4v) is 1.02. The van der Waals surface area contributed by atoms with Crippen molar-refractivity contribution in [3.8, 4) is 0 Å². The van der Waals surface area contributed by atoms with Crippen LogP contribution in [0.4, 0.5) is 0 Å². The molecule has 0 heterocycles. The summed E-state index contributed by atoms with van der Waals surface area (Å²) in [5.74, 6) is 1.98. The molecule has 2 N–H and O–H groups in total. The van der Waals surface area contributed by atoms with Gasteiger partial charge in [-0.25, -0.2) is 0 Å². The molecule has 0 bridgehead atoms. The van der Waals surface area contributed by atoms with Crippen LogP contribution in [0.5, 0.6) is 0 Å². The van der Waals surface area contributed by atoms with Crippen molar-refractivity contribution in [1.82, 2.24) is 0 Å². The van der Waals surface area contributed by atoms with Crippen molar-refractivity contribution in [2.24, 2.45) is 17.6 Å². The summed E-state index contributed by atoms with van der Waals surface area (Å²) < 4.78 is 0. The molecule has 2 unspecified atom stereocenters. The summed E-state index contributed by atoms with van der Waals surface area (Å²) in [5, 5.41) is 0. The quantitative estimate of drug-likeness (QED) is 0.549. The summed E-state index contributed by atoms with van der Waals surface area (Å²) in [7, 11) is 0. The molecule has 0 aromatic heterocycles. The van der Waals surface area contributed by atoms with Gasteiger partial charge in [-0.15, -0.1) is 0 Å². The van der Waals surface area contributed by atoms with Crippen molar-refractivity contribution < 1.29 is 0 Å². The Hall–Kier alpha value is -0.0400. The van der Waals surface area contributed by atoms with E-state index in [1.165, 1.54) is 12.8 Å². The third-order valence-corrected chi connectivity index (χ3v) is 1.81. The summed E-state index contributed by atoms with van der Waals surface area (Å²) in [6.45, 7) is 3.18. The zero-order valence-corrected chi connectivity index (χ0v) is 4.85. The van der Waals surface area contributed by atoms with Crippen molar-refractivity contribution in [3.63, 3.8) is 0 Å². The minimum absolute atomic E-state index is 0.884. The van der Waals surface area contributed by atoms with Gasteiger partial charge in [0.1, 0.15) is 0 Å². The highest BCUT2D eigenvalue weighted by Crippen LogP contribution is 2.39. The van der Waals surface area contributed by atoms with Crippen molar-refractivity contribution >= 4 is 0 Å². The first-order valence-electron chi connectivity index (χ1n) is 3.04. The first kappa shape index (κ1) is 5.10. The van der Waals surface area contributed by atoms with Crippen LogP contribution in [-0.4, -0.2) is 6.54 Å². The summed E-state index contributed by atoms with van der Waals surface area (Å²) in [6.07, 6.45) is 2.68. The van der Waals surface area contributed by atoms with Gasteiger partial charge in [-0.05, 0) is 31.2 Å². The maximum atomic E-state index is 5.33. The highest BCUT2D eigenvalue weighted by molar-refractivity contribution is 4.81. The molecule has 1 aliphatic carbocycles. The van der Waals surface area contributed by atoms with Crippen LogP contribution in [0.15, 0.2) is 0 Å². The highest BCUT2D eigenvalue weighted by Gasteiger charge is 2.30. The average molecular weight is 99.2 g/mol. The maximum Gasteiger partial charge on any atom is -0.00745 e. The molecular weight excluding hydrogens is 86.1 g/mol. The summed E-state index contributed by atoms with van der Waals surface area (Å²) >= 11 is 0. The van der Waals surface area contributed by atoms with E-state index in [0.717, 1.165) is 18.4 Å². The van der Waals surface area contributed by atoms with Gasteiger partial charge in [-0.2, -0.15) is 0 Å². The van der Waals surface area contributed by atoms with Gasteiger partial charge < -0.3 is 5.73 Å². The van der Waals surface area contributed by atoms with E-state index in [9.17, 15) is 0 Å². The van der Waals surface area contributed by atoms with E-state index in [0.29, 0.717) is 0 Å². The molecule has 7 heavy (non-hydrogen) atoms. The third kappa shape index (κ3) is 1.16. The highest BCUT2D eigenvalue weighted by atomic mass is 14.5. The summed E-state index contributed by atoms with van der Waals surface area (Å²) in [4.78, 5) is 0. The Labute approximate surface area is 44.9 Å². The van der Waals surface area contributed by atoms with Gasteiger partial charge in [-0.1, -0.05) is 6.92 Å². The second kappa shape index (κ2) is 1.83. The number of rotatable bonds is 2. The van der Waals surface area contributed by atoms with Crippen molar-refractivity contribution in [2.75, 3.05) is 6.54 Å². The maximum absolute atomic E-state index is 5.33. The predicted molar refractivity (Wildman–Crippen MR) is 30.9 cm³/mol. The topological polar surface area (TPSA) is 26.0 Å². The predicted octanol–water partition coefficient (Wildman–Crippen LogP) is 0.991. The van der Waals surface area contributed by atoms with E-state index in [4.69, 9.17) is 5.73 Å². The van der Waals surface area contributed by atoms with Crippen LogP contribution in [0.1, 0.15) is 19.8 Å². The molecule has 0 spiro atoms. The van der Waals surface area contributed by atoms with E-state index < -0.39 is 0 Å². The van der Waals surface area contributed by atoms with E-state index >= 15 is 0 Å². The standard InChI is InChI=1S/C6H13N/c1-5-4-6(5)2-3-7/h5-6H,2-4,7H2,1H3. The molecule has 1 fully saturated rings. The minimum Gasteiger partial charge on any atom is -0.330 e. The Kier molecular flexibility index (Phi) is 1.33. The molecule has 0 amide bonds. The lowest BCUT2D eigenvalue weighted by molar-refractivity contribution is 0.683. The SMILES string of the molecule is CC1CC1CCN. The van der Waals surface area contributed by atoms with Gasteiger partial charge in [-0.3, -0.25) is 0 Å². The molecule has 1 heteroatoms. The molecule has 0 aromatic rings. The molecule has 0 aliphatic heterocycles. The van der Waals surface area contributed by atoms with Crippen LogP contribution in [0.25, 0.3) is 0 Å². The Morgan fingerprint density at radius 2 is 2.29 bits per heavy atom. The average Bonchev–Trinajstić information content (AvgIpc) is 2.22. The van der Waals surface area contributed by atoms with Crippen LogP contribution in [-0.2, 0) is 0 Å². The first-order valence-corrected chi connectivity index (χ1v) is 3.04. The fraction of sp³-hybridized carbons (Fsp3) is 1.00. The van der Waals surface area contributed by atoms with Crippen LogP contribution in [0, 0.1) is 11.8 Å². The van der Waals surface area contributed by atoms with E-state index in [1.807, 2.05) is 0 Å². The van der Waals surface area contributed by atoms with Gasteiger partial charge in [0.15, 0.2) is 0 Å². The second-order valence-electron chi connectivity index (χ2n) is 2.55. The third-order valence-electron chi connectivity index (χ3n) is 1.81. The van der Waals surface area contributed by atoms with E-state index in [2.05, 4.69) is 6.92 Å². The largest absolute Gasteiger partial charge is 0.330 e. The van der Waals surface area contributed by atoms with Crippen molar-refractivity contribution in [3.05, 3.63) is 0 Å². The molecule has 0 saturated heterocycles. The van der Waals surface area contributed by atoms with Gasteiger partial charge in [0.05, 0.1) is 0 Å². The van der Waals surface area contributed by atoms with Gasteiger partial charge in [0, 0.05) is 0 Å². The van der Waals surface area contributed by atoms with Crippen molar-refractivity contribution in [2.45, 2.75) is 19.8 Å². The molecule has 0 aromatic carbocycles. The van der Waals surface area contributed by atoms with Gasteiger partial charge >= 0.3 is 0 Å². The lowest BCUT2D eigenvalue weighted by Crippen LogP contribution is -1.99. The zero-order chi connectivity index (χ0) is 5.28. The zero-order valence-electron chi connectivity index (χ0n) is 4.85. The monoisotopic (exact) mass is 99.1 g/mol. The molecule has 1 nitrogen and oxygen atoms in total. The lowest BCUT2D eigenvalue weighted by Gasteiger charge is -1.87. The minimum atomic E-state index is 0.884. The van der Waals surface area contributed by atoms with E-state index in [-0.39, 0.29) is 0 Å². The van der Waals surface area contributed by atoms with Crippen molar-refractivity contribution in [1.29, 1.82) is 0 Å². The first-order chi connectivity index (χ1) is 3.34. The smallest absolute Gasteiger partial charge is 0.00745 e. The molecule has 42 valence electrons. The van der Waals surface area contributed by atoms with Crippen LogP contribution >= 0.6 is 0 Å². The Bertz CT molecular complexity index is 61.2. The Balaban J connectivity index is 1.98.